The minimum absolute atomic E-state index is 0.131. The monoisotopic (exact) mass is 207 g/mol. The van der Waals surface area contributed by atoms with Crippen LogP contribution in [0, 0.1) is 11.8 Å². The van der Waals surface area contributed by atoms with Gasteiger partial charge in [-0.05, 0) is 24.0 Å². The van der Waals surface area contributed by atoms with Crippen molar-refractivity contribution in [3.05, 3.63) is 30.1 Å². The van der Waals surface area contributed by atoms with Crippen LogP contribution >= 0.6 is 0 Å². The highest BCUT2D eigenvalue weighted by atomic mass is 16.3. The molecular formula is C13H21NO. The number of pyridine rings is 1. The standard InChI is InChI=1S/C13H21NO/c1-9(2)12(13(15)10(3)4)11-7-5-6-8-14-11/h5-10,12-13,15H,1-4H3. The molecule has 0 saturated carbocycles. The Balaban J connectivity index is 2.93. The molecule has 0 bridgehead atoms. The van der Waals surface area contributed by atoms with Gasteiger partial charge in [-0.3, -0.25) is 4.98 Å². The summed E-state index contributed by atoms with van der Waals surface area (Å²) in [7, 11) is 0. The highest BCUT2D eigenvalue weighted by Gasteiger charge is 2.27. The first kappa shape index (κ1) is 12.2. The summed E-state index contributed by atoms with van der Waals surface area (Å²) < 4.78 is 0. The second kappa shape index (κ2) is 5.26. The van der Waals surface area contributed by atoms with Gasteiger partial charge < -0.3 is 5.11 Å². The fraction of sp³-hybridized carbons (Fsp3) is 0.615. The molecule has 0 aliphatic heterocycles. The summed E-state index contributed by atoms with van der Waals surface area (Å²) in [5, 5.41) is 10.2. The van der Waals surface area contributed by atoms with Gasteiger partial charge in [0.1, 0.15) is 0 Å². The lowest BCUT2D eigenvalue weighted by molar-refractivity contribution is 0.0771. The number of nitrogens with zero attached hydrogens (tertiary/aromatic N) is 1. The van der Waals surface area contributed by atoms with Crippen molar-refractivity contribution >= 4 is 0 Å². The van der Waals surface area contributed by atoms with Gasteiger partial charge in [0.25, 0.3) is 0 Å². The molecule has 0 fully saturated rings. The van der Waals surface area contributed by atoms with Gasteiger partial charge in [-0.2, -0.15) is 0 Å². The van der Waals surface area contributed by atoms with E-state index in [0.717, 1.165) is 5.69 Å². The Labute approximate surface area is 92.4 Å². The van der Waals surface area contributed by atoms with E-state index >= 15 is 0 Å². The molecule has 0 spiro atoms. The first-order valence-corrected chi connectivity index (χ1v) is 5.63. The quantitative estimate of drug-likeness (QED) is 0.823. The summed E-state index contributed by atoms with van der Waals surface area (Å²) >= 11 is 0. The number of rotatable bonds is 4. The first-order valence-electron chi connectivity index (χ1n) is 5.63. The summed E-state index contributed by atoms with van der Waals surface area (Å²) in [6, 6.07) is 5.88. The largest absolute Gasteiger partial charge is 0.392 e. The maximum absolute atomic E-state index is 10.2. The van der Waals surface area contributed by atoms with Crippen LogP contribution in [0.3, 0.4) is 0 Å². The minimum Gasteiger partial charge on any atom is -0.392 e. The molecule has 1 N–H and O–H groups in total. The Morgan fingerprint density at radius 3 is 2.13 bits per heavy atom. The second-order valence-corrected chi connectivity index (χ2v) is 4.76. The lowest BCUT2D eigenvalue weighted by Crippen LogP contribution is -2.28. The van der Waals surface area contributed by atoms with Crippen molar-refractivity contribution in [2.24, 2.45) is 11.8 Å². The van der Waals surface area contributed by atoms with Crippen molar-refractivity contribution in [1.29, 1.82) is 0 Å². The van der Waals surface area contributed by atoms with Crippen LogP contribution in [-0.2, 0) is 0 Å². The Morgan fingerprint density at radius 2 is 1.73 bits per heavy atom. The summed E-state index contributed by atoms with van der Waals surface area (Å²) in [5.41, 5.74) is 0.994. The van der Waals surface area contributed by atoms with E-state index in [1.165, 1.54) is 0 Å². The fourth-order valence-electron chi connectivity index (χ4n) is 1.90. The predicted octanol–water partition coefficient (Wildman–Crippen LogP) is 2.84. The van der Waals surface area contributed by atoms with Gasteiger partial charge in [-0.1, -0.05) is 33.8 Å². The van der Waals surface area contributed by atoms with Gasteiger partial charge in [-0.25, -0.2) is 0 Å². The normalized spacial score (nSPS) is 15.7. The summed E-state index contributed by atoms with van der Waals surface area (Å²) in [6.45, 7) is 8.35. The average molecular weight is 207 g/mol. The molecule has 2 unspecified atom stereocenters. The Hall–Kier alpha value is -0.890. The Kier molecular flexibility index (Phi) is 4.28. The number of hydrogen-bond donors (Lipinski definition) is 1. The summed E-state index contributed by atoms with van der Waals surface area (Å²) in [5.74, 6) is 0.794. The Morgan fingerprint density at radius 1 is 1.07 bits per heavy atom. The van der Waals surface area contributed by atoms with Gasteiger partial charge in [0, 0.05) is 17.8 Å². The zero-order chi connectivity index (χ0) is 11.4. The molecule has 1 heterocycles. The highest BCUT2D eigenvalue weighted by Crippen LogP contribution is 2.29. The lowest BCUT2D eigenvalue weighted by atomic mass is 9.82. The third kappa shape index (κ3) is 3.03. The zero-order valence-electron chi connectivity index (χ0n) is 10.0. The van der Waals surface area contributed by atoms with E-state index in [0.29, 0.717) is 5.92 Å². The molecule has 0 amide bonds. The smallest absolute Gasteiger partial charge is 0.0649 e. The third-order valence-corrected chi connectivity index (χ3v) is 2.80. The number of aromatic nitrogens is 1. The van der Waals surface area contributed by atoms with Crippen LogP contribution in [0.4, 0.5) is 0 Å². The van der Waals surface area contributed by atoms with E-state index in [9.17, 15) is 5.11 Å². The van der Waals surface area contributed by atoms with Crippen LogP contribution in [0.15, 0.2) is 24.4 Å². The second-order valence-electron chi connectivity index (χ2n) is 4.76. The maximum Gasteiger partial charge on any atom is 0.0649 e. The van der Waals surface area contributed by atoms with Crippen LogP contribution in [0.5, 0.6) is 0 Å². The minimum atomic E-state index is -0.320. The molecule has 1 rings (SSSR count). The number of hydrogen-bond acceptors (Lipinski definition) is 2. The van der Waals surface area contributed by atoms with Crippen molar-refractivity contribution in [3.8, 4) is 0 Å². The maximum atomic E-state index is 10.2. The van der Waals surface area contributed by atoms with E-state index in [1.807, 2.05) is 32.0 Å². The molecular weight excluding hydrogens is 186 g/mol. The van der Waals surface area contributed by atoms with Gasteiger partial charge in [0.15, 0.2) is 0 Å². The van der Waals surface area contributed by atoms with Gasteiger partial charge in [-0.15, -0.1) is 0 Å². The molecule has 1 aromatic heterocycles. The van der Waals surface area contributed by atoms with Gasteiger partial charge in [0.05, 0.1) is 6.10 Å². The third-order valence-electron chi connectivity index (χ3n) is 2.80. The van der Waals surface area contributed by atoms with Crippen LogP contribution in [0.2, 0.25) is 0 Å². The van der Waals surface area contributed by atoms with E-state index < -0.39 is 0 Å². The van der Waals surface area contributed by atoms with Crippen molar-refractivity contribution in [1.82, 2.24) is 4.98 Å². The molecule has 2 heteroatoms. The molecule has 0 aliphatic rings. The molecule has 2 atom stereocenters. The molecule has 84 valence electrons. The van der Waals surface area contributed by atoms with E-state index in [-0.39, 0.29) is 17.9 Å². The Bertz CT molecular complexity index is 282. The number of aliphatic hydroxyl groups is 1. The van der Waals surface area contributed by atoms with Crippen LogP contribution in [0.1, 0.15) is 39.3 Å². The van der Waals surface area contributed by atoms with Crippen LogP contribution in [0.25, 0.3) is 0 Å². The van der Waals surface area contributed by atoms with Crippen molar-refractivity contribution in [2.75, 3.05) is 0 Å². The van der Waals surface area contributed by atoms with E-state index in [4.69, 9.17) is 0 Å². The molecule has 0 radical (unpaired) electrons. The summed E-state index contributed by atoms with van der Waals surface area (Å²) in [4.78, 5) is 4.34. The van der Waals surface area contributed by atoms with Crippen molar-refractivity contribution in [3.63, 3.8) is 0 Å². The van der Waals surface area contributed by atoms with Crippen molar-refractivity contribution in [2.45, 2.75) is 39.7 Å². The topological polar surface area (TPSA) is 33.1 Å². The lowest BCUT2D eigenvalue weighted by Gasteiger charge is -2.28. The average Bonchev–Trinajstić information content (AvgIpc) is 2.18. The van der Waals surface area contributed by atoms with Gasteiger partial charge >= 0.3 is 0 Å². The zero-order valence-corrected chi connectivity index (χ0v) is 10.0. The summed E-state index contributed by atoms with van der Waals surface area (Å²) in [6.07, 6.45) is 1.47. The molecule has 0 aliphatic carbocycles. The van der Waals surface area contributed by atoms with E-state index in [2.05, 4.69) is 18.8 Å². The molecule has 15 heavy (non-hydrogen) atoms. The van der Waals surface area contributed by atoms with E-state index in [1.54, 1.807) is 6.20 Å². The van der Waals surface area contributed by atoms with Crippen molar-refractivity contribution < 1.29 is 5.11 Å². The fourth-order valence-corrected chi connectivity index (χ4v) is 1.90. The SMILES string of the molecule is CC(C)C(O)C(c1ccccn1)C(C)C. The molecule has 0 saturated heterocycles. The predicted molar refractivity (Wildman–Crippen MR) is 62.7 cm³/mol. The number of aliphatic hydroxyl groups excluding tert-OH is 1. The first-order chi connectivity index (χ1) is 7.04. The molecule has 2 nitrogen and oxygen atoms in total. The van der Waals surface area contributed by atoms with Gasteiger partial charge in [0.2, 0.25) is 0 Å². The van der Waals surface area contributed by atoms with Crippen LogP contribution < -0.4 is 0 Å². The molecule has 0 aromatic carbocycles. The highest BCUT2D eigenvalue weighted by molar-refractivity contribution is 5.12. The van der Waals surface area contributed by atoms with Crippen LogP contribution in [-0.4, -0.2) is 16.2 Å². The molecule has 1 aromatic rings.